The highest BCUT2D eigenvalue weighted by atomic mass is 31.2. The molecule has 0 heterocycles. The summed E-state index contributed by atoms with van der Waals surface area (Å²) in [5.41, 5.74) is 0. The molecule has 0 aromatic carbocycles. The zero-order valence-electron chi connectivity index (χ0n) is 50.9. The zero-order valence-corrected chi connectivity index (χ0v) is 51.8. The molecule has 0 radical (unpaired) electrons. The van der Waals surface area contributed by atoms with E-state index in [1.165, 1.54) is 116 Å². The first kappa shape index (κ1) is 74.7. The summed E-state index contributed by atoms with van der Waals surface area (Å²) < 4.78 is 34.6. The number of ether oxygens (including phenoxy) is 2. The van der Waals surface area contributed by atoms with Gasteiger partial charge in [0.05, 0.1) is 27.7 Å². The van der Waals surface area contributed by atoms with Gasteiger partial charge in [-0.3, -0.25) is 18.6 Å². The first-order valence-corrected chi connectivity index (χ1v) is 33.1. The van der Waals surface area contributed by atoms with Crippen LogP contribution < -0.4 is 0 Å². The van der Waals surface area contributed by atoms with Crippen LogP contribution >= 0.6 is 7.82 Å². The standard InChI is InChI=1S/C68H118NO8P/c1-6-8-10-12-14-16-18-20-22-24-26-28-30-32-33-34-35-37-38-40-42-44-46-48-50-52-54-56-58-60-67(70)74-64-66(65-76-78(72,73)75-63-62-69(3,4)5)77-68(71)61-59-57-55-53-51-49-47-45-43-41-39-36-31-29-27-25-23-21-19-17-15-13-11-9-7-2/h9,11,15,17-18,20-21,23-24,26-27,29-30,32,36,39,43,45,66H,6-8,10,12-14,16,19,22,25,28,31,33-35,37-38,40-42,44,46-65H2,1-5H3/p+1/b11-9-,17-15-,20-18-,23-21-,26-24-,29-27-,32-30-,39-36-,45-43-. The predicted molar refractivity (Wildman–Crippen MR) is 335 cm³/mol. The SMILES string of the molecule is CC/C=C\C/C=C\C/C=C\C/C=C\C/C=C\C/C=C\CCCCCCCCC(=O)OC(COC(=O)CCCCCCCCCCCCCCCC/C=C\C/C=C\C/C=C\CCCCCCC)COP(=O)(O)OCC[N+](C)(C)C. The molecule has 0 aliphatic rings. The molecule has 0 spiro atoms. The highest BCUT2D eigenvalue weighted by Gasteiger charge is 2.27. The number of hydrogen-bond donors (Lipinski definition) is 1. The number of hydrogen-bond acceptors (Lipinski definition) is 7. The Morgan fingerprint density at radius 3 is 1.09 bits per heavy atom. The van der Waals surface area contributed by atoms with Crippen LogP contribution in [0.1, 0.15) is 258 Å². The van der Waals surface area contributed by atoms with Gasteiger partial charge in [-0.2, -0.15) is 0 Å². The molecule has 0 saturated heterocycles. The summed E-state index contributed by atoms with van der Waals surface area (Å²) in [6, 6.07) is 0. The molecule has 10 heteroatoms. The van der Waals surface area contributed by atoms with Gasteiger partial charge in [0, 0.05) is 12.8 Å². The van der Waals surface area contributed by atoms with E-state index in [0.29, 0.717) is 17.4 Å². The van der Waals surface area contributed by atoms with E-state index in [0.717, 1.165) is 109 Å². The normalized spacial score (nSPS) is 14.0. The summed E-state index contributed by atoms with van der Waals surface area (Å²) in [5.74, 6) is -0.817. The lowest BCUT2D eigenvalue weighted by Crippen LogP contribution is -2.37. The minimum absolute atomic E-state index is 0.0232. The molecule has 0 aromatic rings. The lowest BCUT2D eigenvalue weighted by Gasteiger charge is -2.24. The molecule has 0 aliphatic heterocycles. The van der Waals surface area contributed by atoms with Crippen LogP contribution in [0.5, 0.6) is 0 Å². The number of rotatable bonds is 57. The fraction of sp³-hybridized carbons (Fsp3) is 0.706. The van der Waals surface area contributed by atoms with Gasteiger partial charge in [0.25, 0.3) is 0 Å². The number of carbonyl (C=O) groups excluding carboxylic acids is 2. The van der Waals surface area contributed by atoms with E-state index < -0.39 is 26.5 Å². The second kappa shape index (κ2) is 58.3. The fourth-order valence-electron chi connectivity index (χ4n) is 8.44. The van der Waals surface area contributed by atoms with Crippen molar-refractivity contribution < 1.29 is 42.1 Å². The molecular formula is C68H119NO8P+. The molecular weight excluding hydrogens is 990 g/mol. The molecule has 2 unspecified atom stereocenters. The Hall–Kier alpha value is -3.33. The van der Waals surface area contributed by atoms with E-state index in [4.69, 9.17) is 18.5 Å². The predicted octanol–water partition coefficient (Wildman–Crippen LogP) is 20.2. The second-order valence-corrected chi connectivity index (χ2v) is 23.5. The number of carbonyl (C=O) groups is 2. The van der Waals surface area contributed by atoms with Gasteiger partial charge in [-0.1, -0.05) is 252 Å². The summed E-state index contributed by atoms with van der Waals surface area (Å²) in [7, 11) is 1.46. The lowest BCUT2D eigenvalue weighted by atomic mass is 10.0. The van der Waals surface area contributed by atoms with Crippen LogP contribution in [0, 0.1) is 0 Å². The topological polar surface area (TPSA) is 108 Å². The summed E-state index contributed by atoms with van der Waals surface area (Å²) in [5, 5.41) is 0. The first-order valence-electron chi connectivity index (χ1n) is 31.6. The van der Waals surface area contributed by atoms with Crippen LogP contribution in [-0.2, 0) is 32.7 Å². The molecule has 0 fully saturated rings. The van der Waals surface area contributed by atoms with Crippen LogP contribution in [0.4, 0.5) is 0 Å². The van der Waals surface area contributed by atoms with Crippen molar-refractivity contribution in [3.63, 3.8) is 0 Å². The molecule has 0 amide bonds. The minimum atomic E-state index is -4.40. The monoisotopic (exact) mass is 1110 g/mol. The van der Waals surface area contributed by atoms with Gasteiger partial charge < -0.3 is 18.9 Å². The third-order valence-electron chi connectivity index (χ3n) is 13.3. The quantitative estimate of drug-likeness (QED) is 0.0211. The first-order chi connectivity index (χ1) is 38.0. The van der Waals surface area contributed by atoms with Crippen LogP contribution in [0.2, 0.25) is 0 Å². The molecule has 78 heavy (non-hydrogen) atoms. The molecule has 0 aromatic heterocycles. The van der Waals surface area contributed by atoms with Crippen LogP contribution in [-0.4, -0.2) is 74.9 Å². The van der Waals surface area contributed by atoms with Gasteiger partial charge >= 0.3 is 19.8 Å². The summed E-state index contributed by atoms with van der Waals surface area (Å²) in [6.45, 7) is 4.30. The van der Waals surface area contributed by atoms with Gasteiger partial charge in [0.2, 0.25) is 0 Å². The Balaban J connectivity index is 4.16. The molecule has 0 aliphatic carbocycles. The number of likely N-dealkylation sites (N-methyl/N-ethyl adjacent to an activating group) is 1. The number of quaternary nitrogens is 1. The average Bonchev–Trinajstić information content (AvgIpc) is 3.40. The van der Waals surface area contributed by atoms with E-state index >= 15 is 0 Å². The number of esters is 2. The van der Waals surface area contributed by atoms with E-state index in [2.05, 4.69) is 123 Å². The Morgan fingerprint density at radius 1 is 0.410 bits per heavy atom. The largest absolute Gasteiger partial charge is 0.472 e. The van der Waals surface area contributed by atoms with Crippen LogP contribution in [0.3, 0.4) is 0 Å². The third kappa shape index (κ3) is 61.9. The van der Waals surface area contributed by atoms with Crippen molar-refractivity contribution >= 4 is 19.8 Å². The maximum absolute atomic E-state index is 12.8. The Morgan fingerprint density at radius 2 is 0.731 bits per heavy atom. The van der Waals surface area contributed by atoms with Crippen molar-refractivity contribution in [3.8, 4) is 0 Å². The minimum Gasteiger partial charge on any atom is -0.462 e. The number of nitrogens with zero attached hydrogens (tertiary/aromatic N) is 1. The number of phosphoric acid groups is 1. The molecule has 0 rings (SSSR count). The van der Waals surface area contributed by atoms with E-state index in [-0.39, 0.29) is 32.0 Å². The Bertz CT molecular complexity index is 1680. The molecule has 2 atom stereocenters. The third-order valence-corrected chi connectivity index (χ3v) is 14.3. The Labute approximate surface area is 480 Å². The summed E-state index contributed by atoms with van der Waals surface area (Å²) >= 11 is 0. The lowest BCUT2D eigenvalue weighted by molar-refractivity contribution is -0.870. The van der Waals surface area contributed by atoms with Crippen molar-refractivity contribution in [2.24, 2.45) is 0 Å². The van der Waals surface area contributed by atoms with Crippen molar-refractivity contribution in [2.45, 2.75) is 264 Å². The van der Waals surface area contributed by atoms with Gasteiger partial charge in [-0.05, 0) is 103 Å². The van der Waals surface area contributed by atoms with Crippen molar-refractivity contribution in [1.29, 1.82) is 0 Å². The smallest absolute Gasteiger partial charge is 0.462 e. The Kier molecular flexibility index (Phi) is 55.8. The molecule has 0 saturated carbocycles. The van der Waals surface area contributed by atoms with Crippen molar-refractivity contribution in [2.75, 3.05) is 47.5 Å². The van der Waals surface area contributed by atoms with Gasteiger partial charge in [-0.25, -0.2) is 4.57 Å². The number of allylic oxidation sites excluding steroid dienone is 18. The van der Waals surface area contributed by atoms with E-state index in [9.17, 15) is 19.0 Å². The second-order valence-electron chi connectivity index (χ2n) is 22.1. The number of phosphoric ester groups is 1. The molecule has 1 N–H and O–H groups in total. The highest BCUT2D eigenvalue weighted by molar-refractivity contribution is 7.47. The molecule has 9 nitrogen and oxygen atoms in total. The highest BCUT2D eigenvalue weighted by Crippen LogP contribution is 2.43. The molecule has 0 bridgehead atoms. The van der Waals surface area contributed by atoms with Crippen molar-refractivity contribution in [1.82, 2.24) is 0 Å². The average molecular weight is 1110 g/mol. The van der Waals surface area contributed by atoms with Crippen molar-refractivity contribution in [3.05, 3.63) is 109 Å². The van der Waals surface area contributed by atoms with Gasteiger partial charge in [0.1, 0.15) is 19.8 Å². The summed E-state index contributed by atoms with van der Waals surface area (Å²) in [4.78, 5) is 35.8. The fourth-order valence-corrected chi connectivity index (χ4v) is 9.18. The summed E-state index contributed by atoms with van der Waals surface area (Å²) in [6.07, 6.45) is 81.6. The maximum Gasteiger partial charge on any atom is 0.472 e. The number of unbranched alkanes of at least 4 members (excludes halogenated alkanes) is 25. The zero-order chi connectivity index (χ0) is 57.0. The maximum atomic E-state index is 12.8. The van der Waals surface area contributed by atoms with E-state index in [1.54, 1.807) is 0 Å². The van der Waals surface area contributed by atoms with E-state index in [1.807, 2.05) is 21.1 Å². The molecule has 448 valence electrons. The van der Waals surface area contributed by atoms with Crippen LogP contribution in [0.15, 0.2) is 109 Å². The van der Waals surface area contributed by atoms with Gasteiger partial charge in [0.15, 0.2) is 6.10 Å². The van der Waals surface area contributed by atoms with Gasteiger partial charge in [-0.15, -0.1) is 0 Å². The van der Waals surface area contributed by atoms with Crippen LogP contribution in [0.25, 0.3) is 0 Å².